The van der Waals surface area contributed by atoms with Crippen LogP contribution in [0.3, 0.4) is 0 Å². The number of benzene rings is 2. The largest absolute Gasteiger partial charge is 0.416 e. The third-order valence-electron chi connectivity index (χ3n) is 4.16. The normalized spacial score (nSPS) is 15.7. The zero-order valence-electron chi connectivity index (χ0n) is 14.1. The number of halogens is 3. The maximum atomic E-state index is 13.2. The van der Waals surface area contributed by atoms with E-state index >= 15 is 0 Å². The molecular formula is C19H12F3N3O2S. The van der Waals surface area contributed by atoms with Gasteiger partial charge in [0.05, 0.1) is 11.3 Å². The molecule has 142 valence electrons. The van der Waals surface area contributed by atoms with Gasteiger partial charge in [-0.15, -0.1) is 4.40 Å². The van der Waals surface area contributed by atoms with Crippen molar-refractivity contribution in [3.05, 3.63) is 84.2 Å². The molecule has 2 aromatic carbocycles. The second-order valence-electron chi connectivity index (χ2n) is 5.98. The number of pyridine rings is 1. The molecule has 0 saturated heterocycles. The lowest BCUT2D eigenvalue weighted by Crippen LogP contribution is -2.33. The lowest BCUT2D eigenvalue weighted by molar-refractivity contribution is -0.137. The van der Waals surface area contributed by atoms with E-state index in [0.29, 0.717) is 5.56 Å². The molecule has 0 bridgehead atoms. The first-order valence-corrected chi connectivity index (χ1v) is 9.53. The number of anilines is 2. The molecule has 4 rings (SSSR count). The van der Waals surface area contributed by atoms with Gasteiger partial charge < -0.3 is 0 Å². The number of nitrogens with zero attached hydrogens (tertiary/aromatic N) is 3. The summed E-state index contributed by atoms with van der Waals surface area (Å²) < 4.78 is 68.8. The van der Waals surface area contributed by atoms with Crippen LogP contribution in [0.5, 0.6) is 0 Å². The van der Waals surface area contributed by atoms with Crippen LogP contribution >= 0.6 is 0 Å². The summed E-state index contributed by atoms with van der Waals surface area (Å²) in [6.45, 7) is 0. The highest BCUT2D eigenvalue weighted by molar-refractivity contribution is 7.90. The molecule has 0 amide bonds. The lowest BCUT2D eigenvalue weighted by Gasteiger charge is -2.31. The van der Waals surface area contributed by atoms with Crippen LogP contribution in [-0.2, 0) is 16.2 Å². The number of hydrogen-bond acceptors (Lipinski definition) is 4. The minimum atomic E-state index is -4.54. The van der Waals surface area contributed by atoms with Crippen molar-refractivity contribution in [1.29, 1.82) is 0 Å². The molecule has 3 aromatic rings. The minimum Gasteiger partial charge on any atom is -0.292 e. The molecule has 0 unspecified atom stereocenters. The minimum absolute atomic E-state index is 0.0126. The van der Waals surface area contributed by atoms with Gasteiger partial charge in [0.15, 0.2) is 5.84 Å². The van der Waals surface area contributed by atoms with Gasteiger partial charge >= 0.3 is 6.18 Å². The van der Waals surface area contributed by atoms with Gasteiger partial charge in [0, 0.05) is 23.6 Å². The van der Waals surface area contributed by atoms with Crippen molar-refractivity contribution >= 4 is 27.2 Å². The van der Waals surface area contributed by atoms with Gasteiger partial charge in [0.25, 0.3) is 10.0 Å². The number of hydrogen-bond donors (Lipinski definition) is 0. The molecule has 1 aromatic heterocycles. The van der Waals surface area contributed by atoms with Crippen LogP contribution in [0, 0.1) is 0 Å². The number of fused-ring (bicyclic) bond motifs is 1. The quantitative estimate of drug-likeness (QED) is 0.637. The molecule has 5 nitrogen and oxygen atoms in total. The average Bonchev–Trinajstić information content (AvgIpc) is 2.68. The first kappa shape index (κ1) is 18.2. The first-order chi connectivity index (χ1) is 13.3. The van der Waals surface area contributed by atoms with Crippen molar-refractivity contribution < 1.29 is 21.6 Å². The fourth-order valence-corrected chi connectivity index (χ4v) is 4.06. The highest BCUT2D eigenvalue weighted by Gasteiger charge is 2.35. The van der Waals surface area contributed by atoms with E-state index in [1.165, 1.54) is 29.3 Å². The number of rotatable bonds is 2. The van der Waals surface area contributed by atoms with Gasteiger partial charge in [-0.05, 0) is 24.3 Å². The summed E-state index contributed by atoms with van der Waals surface area (Å²) in [5.41, 5.74) is -0.0737. The Morgan fingerprint density at radius 3 is 2.39 bits per heavy atom. The molecule has 9 heteroatoms. The van der Waals surface area contributed by atoms with Crippen molar-refractivity contribution in [2.24, 2.45) is 4.40 Å². The fourth-order valence-electron chi connectivity index (χ4n) is 2.93. The summed E-state index contributed by atoms with van der Waals surface area (Å²) in [6, 6.07) is 14.5. The van der Waals surface area contributed by atoms with Crippen LogP contribution in [0.2, 0.25) is 0 Å². The van der Waals surface area contributed by atoms with E-state index in [1.807, 2.05) is 0 Å². The number of aromatic nitrogens is 1. The second kappa shape index (κ2) is 6.45. The first-order valence-electron chi connectivity index (χ1n) is 8.09. The molecule has 0 N–H and O–H groups in total. The Balaban J connectivity index is 1.99. The summed E-state index contributed by atoms with van der Waals surface area (Å²) >= 11 is 0. The van der Waals surface area contributed by atoms with E-state index in [9.17, 15) is 21.6 Å². The maximum Gasteiger partial charge on any atom is 0.416 e. The number of amidine groups is 1. The highest BCUT2D eigenvalue weighted by atomic mass is 32.2. The van der Waals surface area contributed by atoms with E-state index in [0.717, 1.165) is 18.3 Å². The Bertz CT molecular complexity index is 1180. The smallest absolute Gasteiger partial charge is 0.292 e. The zero-order valence-corrected chi connectivity index (χ0v) is 14.9. The second-order valence-corrected chi connectivity index (χ2v) is 7.56. The summed E-state index contributed by atoms with van der Waals surface area (Å²) in [7, 11) is -4.06. The van der Waals surface area contributed by atoms with Gasteiger partial charge in [-0.3, -0.25) is 9.88 Å². The standard InChI is InChI=1S/C19H12F3N3O2S/c20-19(21,22)14-7-4-8-15(11-14)25-16-9-10-23-12-17(16)28(26,27)24-18(25)13-5-2-1-3-6-13/h1-12H. The Labute approximate surface area is 158 Å². The fraction of sp³-hybridized carbons (Fsp3) is 0.0526. The predicted octanol–water partition coefficient (Wildman–Crippen LogP) is 4.39. The topological polar surface area (TPSA) is 62.6 Å². The third-order valence-corrected chi connectivity index (χ3v) is 5.45. The Hall–Kier alpha value is -3.20. The highest BCUT2D eigenvalue weighted by Crippen LogP contribution is 2.39. The number of alkyl halides is 3. The van der Waals surface area contributed by atoms with Crippen molar-refractivity contribution in [3.8, 4) is 0 Å². The lowest BCUT2D eigenvalue weighted by atomic mass is 10.1. The van der Waals surface area contributed by atoms with Crippen LogP contribution in [0.25, 0.3) is 0 Å². The molecule has 0 saturated carbocycles. The van der Waals surface area contributed by atoms with Gasteiger partial charge in [0.2, 0.25) is 0 Å². The van der Waals surface area contributed by atoms with E-state index < -0.39 is 21.8 Å². The molecular weight excluding hydrogens is 391 g/mol. The Kier molecular flexibility index (Phi) is 4.19. The van der Waals surface area contributed by atoms with E-state index in [4.69, 9.17) is 0 Å². The van der Waals surface area contributed by atoms with Gasteiger partial charge in [-0.1, -0.05) is 36.4 Å². The third kappa shape index (κ3) is 3.13. The van der Waals surface area contributed by atoms with Crippen molar-refractivity contribution in [3.63, 3.8) is 0 Å². The summed E-state index contributed by atoms with van der Waals surface area (Å²) in [5, 5.41) is 0. The Morgan fingerprint density at radius 1 is 0.929 bits per heavy atom. The van der Waals surface area contributed by atoms with Crippen LogP contribution < -0.4 is 4.90 Å². The van der Waals surface area contributed by atoms with Crippen LogP contribution in [0.4, 0.5) is 24.5 Å². The summed E-state index contributed by atoms with van der Waals surface area (Å²) in [5.74, 6) is 0.0126. The van der Waals surface area contributed by atoms with E-state index in [-0.39, 0.29) is 22.1 Å². The predicted molar refractivity (Wildman–Crippen MR) is 98.0 cm³/mol. The molecule has 0 aliphatic carbocycles. The van der Waals surface area contributed by atoms with Crippen molar-refractivity contribution in [2.75, 3.05) is 4.90 Å². The van der Waals surface area contributed by atoms with Crippen molar-refractivity contribution in [2.45, 2.75) is 11.1 Å². The molecule has 0 atom stereocenters. The summed E-state index contributed by atoms with van der Waals surface area (Å²) in [6.07, 6.45) is -2.03. The van der Waals surface area contributed by atoms with Gasteiger partial charge in [-0.25, -0.2) is 0 Å². The zero-order chi connectivity index (χ0) is 19.9. The summed E-state index contributed by atoms with van der Waals surface area (Å²) in [4.78, 5) is 5.04. The molecule has 1 aliphatic rings. The van der Waals surface area contributed by atoms with Crippen molar-refractivity contribution in [1.82, 2.24) is 4.98 Å². The molecule has 0 spiro atoms. The maximum absolute atomic E-state index is 13.2. The molecule has 1 aliphatic heterocycles. The van der Waals surface area contributed by atoms with Crippen LogP contribution in [0.15, 0.2) is 82.4 Å². The van der Waals surface area contributed by atoms with E-state index in [1.54, 1.807) is 30.3 Å². The molecule has 2 heterocycles. The molecule has 28 heavy (non-hydrogen) atoms. The Morgan fingerprint density at radius 2 is 1.68 bits per heavy atom. The molecule has 0 fully saturated rings. The van der Waals surface area contributed by atoms with Gasteiger partial charge in [-0.2, -0.15) is 21.6 Å². The average molecular weight is 403 g/mol. The monoisotopic (exact) mass is 403 g/mol. The van der Waals surface area contributed by atoms with Crippen LogP contribution in [-0.4, -0.2) is 19.2 Å². The van der Waals surface area contributed by atoms with Crippen LogP contribution in [0.1, 0.15) is 11.1 Å². The number of sulfonamides is 1. The van der Waals surface area contributed by atoms with Gasteiger partial charge in [0.1, 0.15) is 4.90 Å². The SMILES string of the molecule is O=S1(=O)N=C(c2ccccc2)N(c2cccc(C(F)(F)F)c2)c2ccncc21. The van der Waals surface area contributed by atoms with E-state index in [2.05, 4.69) is 9.38 Å². The molecule has 0 radical (unpaired) electrons.